The maximum atomic E-state index is 4.42. The van der Waals surface area contributed by atoms with Crippen LogP contribution >= 0.6 is 0 Å². The van der Waals surface area contributed by atoms with E-state index in [0.29, 0.717) is 0 Å². The van der Waals surface area contributed by atoms with Crippen molar-refractivity contribution in [2.45, 2.75) is 26.3 Å². The van der Waals surface area contributed by atoms with Crippen LogP contribution in [0.2, 0.25) is 0 Å². The first kappa shape index (κ1) is 10.9. The van der Waals surface area contributed by atoms with E-state index in [-0.39, 0.29) is 6.04 Å². The Kier molecular flexibility index (Phi) is 3.84. The Morgan fingerprint density at radius 3 is 2.86 bits per heavy atom. The van der Waals surface area contributed by atoms with Gasteiger partial charge in [-0.05, 0) is 32.0 Å². The zero-order valence-corrected chi connectivity index (χ0v) is 9.17. The van der Waals surface area contributed by atoms with Crippen molar-refractivity contribution in [3.05, 3.63) is 41.7 Å². The highest BCUT2D eigenvalue weighted by Gasteiger charge is 2.13. The Bertz CT molecular complexity index is 318. The van der Waals surface area contributed by atoms with Crippen molar-refractivity contribution in [3.8, 4) is 0 Å². The number of nitrogens with zero attached hydrogens (tertiary/aromatic N) is 1. The molecular weight excluding hydrogens is 172 g/mol. The fourth-order valence-corrected chi connectivity index (χ4v) is 1.63. The molecule has 0 aliphatic rings. The van der Waals surface area contributed by atoms with Gasteiger partial charge in [-0.1, -0.05) is 25.1 Å². The van der Waals surface area contributed by atoms with Gasteiger partial charge in [0.05, 0.1) is 11.7 Å². The SMILES string of the molecule is C=C(C)C(NC)c1ncccc1CC. The number of rotatable bonds is 4. The number of hydrogen-bond acceptors (Lipinski definition) is 2. The van der Waals surface area contributed by atoms with Crippen LogP contribution in [0, 0.1) is 0 Å². The van der Waals surface area contributed by atoms with Crippen LogP contribution in [0.25, 0.3) is 0 Å². The van der Waals surface area contributed by atoms with E-state index < -0.39 is 0 Å². The molecule has 0 saturated heterocycles. The summed E-state index contributed by atoms with van der Waals surface area (Å²) in [5.74, 6) is 0. The van der Waals surface area contributed by atoms with Gasteiger partial charge in [0.1, 0.15) is 0 Å². The van der Waals surface area contributed by atoms with Crippen molar-refractivity contribution in [3.63, 3.8) is 0 Å². The van der Waals surface area contributed by atoms with E-state index in [4.69, 9.17) is 0 Å². The first-order chi connectivity index (χ1) is 6.70. The minimum Gasteiger partial charge on any atom is -0.308 e. The molecule has 76 valence electrons. The third-order valence-electron chi connectivity index (χ3n) is 2.36. The lowest BCUT2D eigenvalue weighted by Crippen LogP contribution is -2.19. The summed E-state index contributed by atoms with van der Waals surface area (Å²) in [6.07, 6.45) is 2.84. The van der Waals surface area contributed by atoms with Crippen molar-refractivity contribution < 1.29 is 0 Å². The molecule has 1 N–H and O–H groups in total. The maximum absolute atomic E-state index is 4.42. The minimum atomic E-state index is 0.172. The van der Waals surface area contributed by atoms with Gasteiger partial charge >= 0.3 is 0 Å². The molecule has 2 heteroatoms. The predicted molar refractivity (Wildman–Crippen MR) is 60.2 cm³/mol. The third-order valence-corrected chi connectivity index (χ3v) is 2.36. The highest BCUT2D eigenvalue weighted by Crippen LogP contribution is 2.21. The molecule has 0 aromatic carbocycles. The summed E-state index contributed by atoms with van der Waals surface area (Å²) in [4.78, 5) is 4.42. The maximum Gasteiger partial charge on any atom is 0.0705 e. The molecule has 1 rings (SSSR count). The largest absolute Gasteiger partial charge is 0.308 e. The number of likely N-dealkylation sites (N-methyl/N-ethyl adjacent to an activating group) is 1. The van der Waals surface area contributed by atoms with Crippen molar-refractivity contribution in [2.75, 3.05) is 7.05 Å². The van der Waals surface area contributed by atoms with E-state index in [0.717, 1.165) is 17.7 Å². The Labute approximate surface area is 86.1 Å². The smallest absolute Gasteiger partial charge is 0.0705 e. The van der Waals surface area contributed by atoms with Gasteiger partial charge in [0, 0.05) is 6.20 Å². The van der Waals surface area contributed by atoms with E-state index in [1.165, 1.54) is 5.56 Å². The summed E-state index contributed by atoms with van der Waals surface area (Å²) in [6, 6.07) is 4.27. The van der Waals surface area contributed by atoms with Gasteiger partial charge in [-0.25, -0.2) is 0 Å². The molecule has 0 spiro atoms. The lowest BCUT2D eigenvalue weighted by atomic mass is 10.0. The second-order valence-corrected chi connectivity index (χ2v) is 3.47. The molecular formula is C12H18N2. The van der Waals surface area contributed by atoms with Crippen LogP contribution in [0.15, 0.2) is 30.5 Å². The van der Waals surface area contributed by atoms with E-state index >= 15 is 0 Å². The second-order valence-electron chi connectivity index (χ2n) is 3.47. The molecule has 0 saturated carbocycles. The summed E-state index contributed by atoms with van der Waals surface area (Å²) in [7, 11) is 1.94. The first-order valence-corrected chi connectivity index (χ1v) is 4.97. The Morgan fingerprint density at radius 1 is 1.64 bits per heavy atom. The van der Waals surface area contributed by atoms with E-state index in [9.17, 15) is 0 Å². The van der Waals surface area contributed by atoms with Gasteiger partial charge in [-0.3, -0.25) is 4.98 Å². The Hall–Kier alpha value is -1.15. The predicted octanol–water partition coefficient (Wildman–Crippen LogP) is 2.48. The van der Waals surface area contributed by atoms with Gasteiger partial charge < -0.3 is 5.32 Å². The molecule has 2 nitrogen and oxygen atoms in total. The zero-order valence-electron chi connectivity index (χ0n) is 9.17. The van der Waals surface area contributed by atoms with Crippen molar-refractivity contribution in [2.24, 2.45) is 0 Å². The molecule has 14 heavy (non-hydrogen) atoms. The molecule has 1 atom stereocenters. The summed E-state index contributed by atoms with van der Waals surface area (Å²) in [5.41, 5.74) is 3.49. The molecule has 0 radical (unpaired) electrons. The van der Waals surface area contributed by atoms with Crippen molar-refractivity contribution in [1.29, 1.82) is 0 Å². The average Bonchev–Trinajstić information content (AvgIpc) is 2.19. The molecule has 0 bridgehead atoms. The van der Waals surface area contributed by atoms with Crippen molar-refractivity contribution in [1.82, 2.24) is 10.3 Å². The standard InChI is InChI=1S/C12H18N2/c1-5-10-7-6-8-14-12(10)11(13-4)9(2)3/h6-8,11,13H,2,5H2,1,3-4H3. The number of nitrogens with one attached hydrogen (secondary N) is 1. The van der Waals surface area contributed by atoms with Gasteiger partial charge in [0.25, 0.3) is 0 Å². The van der Waals surface area contributed by atoms with Crippen LogP contribution in [-0.2, 0) is 6.42 Å². The normalized spacial score (nSPS) is 12.5. The molecule has 1 aromatic rings. The van der Waals surface area contributed by atoms with Crippen LogP contribution < -0.4 is 5.32 Å². The Morgan fingerprint density at radius 2 is 2.36 bits per heavy atom. The van der Waals surface area contributed by atoms with Crippen LogP contribution in [0.3, 0.4) is 0 Å². The lowest BCUT2D eigenvalue weighted by molar-refractivity contribution is 0.651. The fraction of sp³-hybridized carbons (Fsp3) is 0.417. The highest BCUT2D eigenvalue weighted by molar-refractivity contribution is 5.28. The van der Waals surface area contributed by atoms with E-state index in [2.05, 4.69) is 29.9 Å². The van der Waals surface area contributed by atoms with Crippen LogP contribution in [0.1, 0.15) is 31.1 Å². The summed E-state index contributed by atoms with van der Waals surface area (Å²) in [6.45, 7) is 8.14. The average molecular weight is 190 g/mol. The van der Waals surface area contributed by atoms with Gasteiger partial charge in [-0.2, -0.15) is 0 Å². The summed E-state index contributed by atoms with van der Waals surface area (Å²) in [5, 5.41) is 3.23. The van der Waals surface area contributed by atoms with Gasteiger partial charge in [0.2, 0.25) is 0 Å². The first-order valence-electron chi connectivity index (χ1n) is 4.97. The number of pyridine rings is 1. The van der Waals surface area contributed by atoms with Crippen LogP contribution in [0.4, 0.5) is 0 Å². The lowest BCUT2D eigenvalue weighted by Gasteiger charge is -2.18. The highest BCUT2D eigenvalue weighted by atomic mass is 14.9. The molecule has 0 aliphatic carbocycles. The topological polar surface area (TPSA) is 24.9 Å². The van der Waals surface area contributed by atoms with Crippen LogP contribution in [-0.4, -0.2) is 12.0 Å². The molecule has 0 fully saturated rings. The van der Waals surface area contributed by atoms with E-state index in [1.807, 2.05) is 26.2 Å². The minimum absolute atomic E-state index is 0.172. The number of hydrogen-bond donors (Lipinski definition) is 1. The summed E-state index contributed by atoms with van der Waals surface area (Å²) < 4.78 is 0. The monoisotopic (exact) mass is 190 g/mol. The van der Waals surface area contributed by atoms with Crippen LogP contribution in [0.5, 0.6) is 0 Å². The van der Waals surface area contributed by atoms with E-state index in [1.54, 1.807) is 0 Å². The van der Waals surface area contributed by atoms with Gasteiger partial charge in [0.15, 0.2) is 0 Å². The quantitative estimate of drug-likeness (QED) is 0.738. The molecule has 1 aromatic heterocycles. The second kappa shape index (κ2) is 4.91. The summed E-state index contributed by atoms with van der Waals surface area (Å²) >= 11 is 0. The molecule has 0 amide bonds. The zero-order chi connectivity index (χ0) is 10.6. The molecule has 1 unspecified atom stereocenters. The van der Waals surface area contributed by atoms with Gasteiger partial charge in [-0.15, -0.1) is 0 Å². The molecule has 1 heterocycles. The Balaban J connectivity index is 3.08. The van der Waals surface area contributed by atoms with Crippen molar-refractivity contribution >= 4 is 0 Å². The molecule has 0 aliphatic heterocycles. The third kappa shape index (κ3) is 2.20. The fourth-order valence-electron chi connectivity index (χ4n) is 1.63. The number of aryl methyl sites for hydroxylation is 1. The number of aromatic nitrogens is 1.